The standard InChI is InChI=1S/C12H16BrNOS/c1-8(7-13)14-12(15)10-3-2-4-11-9(10)5-6-16-11/h5-6,8,10H,2-4,7H2,1H3,(H,14,15). The minimum Gasteiger partial charge on any atom is -0.352 e. The normalized spacial score (nSPS) is 21.2. The maximum atomic E-state index is 12.1. The van der Waals surface area contributed by atoms with E-state index < -0.39 is 0 Å². The van der Waals surface area contributed by atoms with E-state index in [9.17, 15) is 4.79 Å². The Morgan fingerprint density at radius 3 is 3.31 bits per heavy atom. The molecule has 2 rings (SSSR count). The van der Waals surface area contributed by atoms with Gasteiger partial charge in [0.1, 0.15) is 0 Å². The van der Waals surface area contributed by atoms with Gasteiger partial charge < -0.3 is 5.32 Å². The summed E-state index contributed by atoms with van der Waals surface area (Å²) in [6.07, 6.45) is 3.27. The van der Waals surface area contributed by atoms with Crippen molar-refractivity contribution in [2.24, 2.45) is 0 Å². The summed E-state index contributed by atoms with van der Waals surface area (Å²) in [4.78, 5) is 13.5. The molecule has 0 aromatic carbocycles. The van der Waals surface area contributed by atoms with Gasteiger partial charge in [0.05, 0.1) is 5.92 Å². The maximum Gasteiger partial charge on any atom is 0.227 e. The highest BCUT2D eigenvalue weighted by Crippen LogP contribution is 2.35. The molecule has 0 fully saturated rings. The van der Waals surface area contributed by atoms with Crippen molar-refractivity contribution >= 4 is 33.2 Å². The van der Waals surface area contributed by atoms with Crippen LogP contribution >= 0.6 is 27.3 Å². The summed E-state index contributed by atoms with van der Waals surface area (Å²) < 4.78 is 0. The van der Waals surface area contributed by atoms with Crippen molar-refractivity contribution in [1.29, 1.82) is 0 Å². The van der Waals surface area contributed by atoms with Crippen LogP contribution in [0.2, 0.25) is 0 Å². The molecule has 0 saturated carbocycles. The summed E-state index contributed by atoms with van der Waals surface area (Å²) in [6.45, 7) is 2.02. The minimum absolute atomic E-state index is 0.0801. The van der Waals surface area contributed by atoms with Gasteiger partial charge in [-0.05, 0) is 43.2 Å². The van der Waals surface area contributed by atoms with Crippen LogP contribution in [0.1, 0.15) is 36.1 Å². The van der Waals surface area contributed by atoms with Gasteiger partial charge in [0.15, 0.2) is 0 Å². The number of carbonyl (C=O) groups excluding carboxylic acids is 1. The third-order valence-corrected chi connectivity index (χ3v) is 4.96. The van der Waals surface area contributed by atoms with Gasteiger partial charge in [0.2, 0.25) is 5.91 Å². The Bertz CT molecular complexity index is 377. The molecule has 2 nitrogen and oxygen atoms in total. The molecule has 4 heteroatoms. The second-order valence-corrected chi connectivity index (χ2v) is 5.96. The van der Waals surface area contributed by atoms with E-state index >= 15 is 0 Å². The van der Waals surface area contributed by atoms with Gasteiger partial charge >= 0.3 is 0 Å². The zero-order valence-corrected chi connectivity index (χ0v) is 11.7. The lowest BCUT2D eigenvalue weighted by Gasteiger charge is -2.23. The molecule has 2 atom stereocenters. The molecular formula is C12H16BrNOS. The molecule has 1 heterocycles. The van der Waals surface area contributed by atoms with Gasteiger partial charge in [-0.25, -0.2) is 0 Å². The highest BCUT2D eigenvalue weighted by molar-refractivity contribution is 9.09. The van der Waals surface area contributed by atoms with Crippen molar-refractivity contribution in [3.8, 4) is 0 Å². The summed E-state index contributed by atoms with van der Waals surface area (Å²) >= 11 is 5.16. The molecule has 0 bridgehead atoms. The van der Waals surface area contributed by atoms with Crippen LogP contribution in [0.3, 0.4) is 0 Å². The molecule has 0 radical (unpaired) electrons. The van der Waals surface area contributed by atoms with E-state index in [-0.39, 0.29) is 17.9 Å². The minimum atomic E-state index is 0.0801. The van der Waals surface area contributed by atoms with Crippen LogP contribution in [-0.2, 0) is 11.2 Å². The van der Waals surface area contributed by atoms with E-state index in [4.69, 9.17) is 0 Å². The van der Waals surface area contributed by atoms with Crippen LogP contribution in [0.15, 0.2) is 11.4 Å². The fraction of sp³-hybridized carbons (Fsp3) is 0.583. The zero-order chi connectivity index (χ0) is 11.5. The smallest absolute Gasteiger partial charge is 0.227 e. The number of nitrogens with one attached hydrogen (secondary N) is 1. The average molecular weight is 302 g/mol. The molecule has 1 amide bonds. The monoisotopic (exact) mass is 301 g/mol. The predicted octanol–water partition coefficient (Wildman–Crippen LogP) is 3.07. The third-order valence-electron chi connectivity index (χ3n) is 2.99. The van der Waals surface area contributed by atoms with Gasteiger partial charge in [-0.15, -0.1) is 11.3 Å². The molecule has 16 heavy (non-hydrogen) atoms. The fourth-order valence-corrected chi connectivity index (χ4v) is 3.29. The van der Waals surface area contributed by atoms with Crippen molar-refractivity contribution in [2.45, 2.75) is 38.1 Å². The molecule has 0 aliphatic heterocycles. The lowest BCUT2D eigenvalue weighted by atomic mass is 9.87. The first-order valence-corrected chi connectivity index (χ1v) is 7.65. The summed E-state index contributed by atoms with van der Waals surface area (Å²) in [5, 5.41) is 5.96. The van der Waals surface area contributed by atoms with Crippen LogP contribution in [0.5, 0.6) is 0 Å². The second-order valence-electron chi connectivity index (χ2n) is 4.31. The Morgan fingerprint density at radius 2 is 2.56 bits per heavy atom. The van der Waals surface area contributed by atoms with Crippen molar-refractivity contribution in [3.05, 3.63) is 21.9 Å². The van der Waals surface area contributed by atoms with Crippen LogP contribution in [0.25, 0.3) is 0 Å². The number of rotatable bonds is 3. The van der Waals surface area contributed by atoms with Crippen LogP contribution in [-0.4, -0.2) is 17.3 Å². The molecular weight excluding hydrogens is 286 g/mol. The number of hydrogen-bond donors (Lipinski definition) is 1. The quantitative estimate of drug-likeness (QED) is 0.854. The number of carbonyl (C=O) groups is 1. The van der Waals surface area contributed by atoms with Crippen LogP contribution in [0, 0.1) is 0 Å². The van der Waals surface area contributed by atoms with Crippen molar-refractivity contribution in [3.63, 3.8) is 0 Å². The van der Waals surface area contributed by atoms with E-state index in [0.29, 0.717) is 0 Å². The van der Waals surface area contributed by atoms with E-state index in [2.05, 4.69) is 32.7 Å². The number of hydrogen-bond acceptors (Lipinski definition) is 2. The highest BCUT2D eigenvalue weighted by atomic mass is 79.9. The molecule has 1 aromatic rings. The second kappa shape index (κ2) is 5.32. The summed E-state index contributed by atoms with van der Waals surface area (Å²) in [6, 6.07) is 2.32. The van der Waals surface area contributed by atoms with Crippen molar-refractivity contribution in [2.75, 3.05) is 5.33 Å². The van der Waals surface area contributed by atoms with Crippen molar-refractivity contribution in [1.82, 2.24) is 5.32 Å². The molecule has 2 unspecified atom stereocenters. The number of aryl methyl sites for hydroxylation is 1. The topological polar surface area (TPSA) is 29.1 Å². The van der Waals surface area contributed by atoms with Gasteiger partial charge in [-0.2, -0.15) is 0 Å². The van der Waals surface area contributed by atoms with E-state index in [1.165, 1.54) is 10.4 Å². The highest BCUT2D eigenvalue weighted by Gasteiger charge is 2.27. The van der Waals surface area contributed by atoms with Gasteiger partial charge in [0, 0.05) is 16.2 Å². The molecule has 0 spiro atoms. The number of alkyl halides is 1. The van der Waals surface area contributed by atoms with Crippen molar-refractivity contribution < 1.29 is 4.79 Å². The van der Waals surface area contributed by atoms with Gasteiger partial charge in [-0.1, -0.05) is 15.9 Å². The predicted molar refractivity (Wildman–Crippen MR) is 71.4 cm³/mol. The first-order chi connectivity index (χ1) is 7.72. The van der Waals surface area contributed by atoms with E-state index in [1.807, 2.05) is 6.92 Å². The van der Waals surface area contributed by atoms with E-state index in [1.54, 1.807) is 11.3 Å². The fourth-order valence-electron chi connectivity index (χ4n) is 2.14. The number of halogens is 1. The Hall–Kier alpha value is -0.350. The number of amides is 1. The maximum absolute atomic E-state index is 12.1. The van der Waals surface area contributed by atoms with Crippen LogP contribution in [0.4, 0.5) is 0 Å². The zero-order valence-electron chi connectivity index (χ0n) is 9.33. The lowest BCUT2D eigenvalue weighted by molar-refractivity contribution is -0.123. The summed E-state index contributed by atoms with van der Waals surface area (Å²) in [7, 11) is 0. The Kier molecular flexibility index (Phi) is 4.03. The lowest BCUT2D eigenvalue weighted by Crippen LogP contribution is -2.38. The van der Waals surface area contributed by atoms with Gasteiger partial charge in [-0.3, -0.25) is 4.79 Å². The molecule has 88 valence electrons. The molecule has 1 N–H and O–H groups in total. The third kappa shape index (κ3) is 2.48. The first kappa shape index (κ1) is 12.1. The molecule has 1 aromatic heterocycles. The average Bonchev–Trinajstić information content (AvgIpc) is 2.76. The summed E-state index contributed by atoms with van der Waals surface area (Å²) in [5.74, 6) is 0.266. The largest absolute Gasteiger partial charge is 0.352 e. The Balaban J connectivity index is 2.09. The number of fused-ring (bicyclic) bond motifs is 1. The van der Waals surface area contributed by atoms with E-state index in [0.717, 1.165) is 24.6 Å². The molecule has 1 aliphatic carbocycles. The summed E-state index contributed by atoms with van der Waals surface area (Å²) in [5.41, 5.74) is 1.26. The Morgan fingerprint density at radius 1 is 1.75 bits per heavy atom. The Labute approximate surface area is 109 Å². The SMILES string of the molecule is CC(CBr)NC(=O)C1CCCc2sccc21. The number of thiophene rings is 1. The molecule has 0 saturated heterocycles. The van der Waals surface area contributed by atoms with Crippen LogP contribution < -0.4 is 5.32 Å². The van der Waals surface area contributed by atoms with Gasteiger partial charge in [0.25, 0.3) is 0 Å². The molecule has 1 aliphatic rings. The first-order valence-electron chi connectivity index (χ1n) is 5.65.